The molecule has 128 valence electrons. The first-order chi connectivity index (χ1) is 11.7. The van der Waals surface area contributed by atoms with Gasteiger partial charge in [0.2, 0.25) is 0 Å². The highest BCUT2D eigenvalue weighted by atomic mass is 19.1. The first-order valence-electron chi connectivity index (χ1n) is 9.42. The molecule has 1 saturated carbocycles. The van der Waals surface area contributed by atoms with Crippen molar-refractivity contribution in [2.24, 2.45) is 5.92 Å². The lowest BCUT2D eigenvalue weighted by Crippen LogP contribution is -2.11. The Balaban J connectivity index is 1.73. The van der Waals surface area contributed by atoms with E-state index in [1.165, 1.54) is 31.2 Å². The molecule has 1 aliphatic rings. The predicted octanol–water partition coefficient (Wildman–Crippen LogP) is 6.52. The molecule has 24 heavy (non-hydrogen) atoms. The van der Waals surface area contributed by atoms with Gasteiger partial charge in [-0.2, -0.15) is 0 Å². The molecule has 0 aliphatic heterocycles. The standard InChI is InChI=1S/C22H28FN/c1-3-4-5-17-8-12-20(21(23)14-17)22-13-11-19(15-24-22)18-9-6-16(2)7-10-18/h8,11-16,18H,3-7,9-10H2,1-2H3/t16-,18-. The topological polar surface area (TPSA) is 12.9 Å². The summed E-state index contributed by atoms with van der Waals surface area (Å²) in [5.74, 6) is 1.33. The van der Waals surface area contributed by atoms with E-state index in [0.717, 1.165) is 36.4 Å². The number of halogens is 1. The Bertz CT molecular complexity index is 654. The summed E-state index contributed by atoms with van der Waals surface area (Å²) < 4.78 is 14.4. The molecular weight excluding hydrogens is 297 g/mol. The van der Waals surface area contributed by atoms with E-state index in [-0.39, 0.29) is 5.82 Å². The minimum absolute atomic E-state index is 0.157. The molecule has 3 rings (SSSR count). The van der Waals surface area contributed by atoms with Crippen LogP contribution < -0.4 is 0 Å². The number of aryl methyl sites for hydroxylation is 1. The summed E-state index contributed by atoms with van der Waals surface area (Å²) in [5, 5.41) is 0. The van der Waals surface area contributed by atoms with E-state index < -0.39 is 0 Å². The van der Waals surface area contributed by atoms with Crippen molar-refractivity contribution in [3.05, 3.63) is 53.5 Å². The Labute approximate surface area is 145 Å². The lowest BCUT2D eigenvalue weighted by Gasteiger charge is -2.26. The van der Waals surface area contributed by atoms with Crippen molar-refractivity contribution in [3.8, 4) is 11.3 Å². The van der Waals surface area contributed by atoms with Gasteiger partial charge in [0.25, 0.3) is 0 Å². The SMILES string of the molecule is CCCCc1ccc(-c2ccc([C@H]3CC[C@H](C)CC3)cn2)c(F)c1. The van der Waals surface area contributed by atoms with E-state index in [1.54, 1.807) is 6.07 Å². The number of aromatic nitrogens is 1. The van der Waals surface area contributed by atoms with Crippen molar-refractivity contribution >= 4 is 0 Å². The van der Waals surface area contributed by atoms with Crippen LogP contribution in [0.15, 0.2) is 36.5 Å². The minimum atomic E-state index is -0.157. The number of benzene rings is 1. The summed E-state index contributed by atoms with van der Waals surface area (Å²) in [6.45, 7) is 4.49. The summed E-state index contributed by atoms with van der Waals surface area (Å²) in [4.78, 5) is 4.56. The first kappa shape index (κ1) is 17.1. The van der Waals surface area contributed by atoms with Gasteiger partial charge in [0.05, 0.1) is 5.69 Å². The number of hydrogen-bond donors (Lipinski definition) is 0. The quantitative estimate of drug-likeness (QED) is 0.609. The maximum Gasteiger partial charge on any atom is 0.132 e. The van der Waals surface area contributed by atoms with Crippen LogP contribution in [0, 0.1) is 11.7 Å². The van der Waals surface area contributed by atoms with Crippen LogP contribution in [0.1, 0.15) is 69.4 Å². The van der Waals surface area contributed by atoms with Crippen LogP contribution in [-0.2, 0) is 6.42 Å². The molecule has 1 nitrogen and oxygen atoms in total. The van der Waals surface area contributed by atoms with Crippen LogP contribution in [0.25, 0.3) is 11.3 Å². The molecule has 2 aromatic rings. The van der Waals surface area contributed by atoms with Crippen LogP contribution in [0.3, 0.4) is 0 Å². The fraction of sp³-hybridized carbons (Fsp3) is 0.500. The molecule has 0 spiro atoms. The van der Waals surface area contributed by atoms with Crippen LogP contribution in [0.2, 0.25) is 0 Å². The van der Waals surface area contributed by atoms with Crippen LogP contribution in [0.4, 0.5) is 4.39 Å². The number of hydrogen-bond acceptors (Lipinski definition) is 1. The van der Waals surface area contributed by atoms with Crippen LogP contribution in [-0.4, -0.2) is 4.98 Å². The third kappa shape index (κ3) is 4.03. The second-order valence-electron chi connectivity index (χ2n) is 7.35. The van der Waals surface area contributed by atoms with E-state index in [9.17, 15) is 4.39 Å². The molecule has 0 N–H and O–H groups in total. The van der Waals surface area contributed by atoms with Gasteiger partial charge in [0, 0.05) is 11.8 Å². The molecule has 1 fully saturated rings. The molecule has 1 aliphatic carbocycles. The first-order valence-corrected chi connectivity index (χ1v) is 9.42. The van der Waals surface area contributed by atoms with Crippen molar-refractivity contribution in [1.82, 2.24) is 4.98 Å². The third-order valence-electron chi connectivity index (χ3n) is 5.40. The van der Waals surface area contributed by atoms with E-state index in [0.29, 0.717) is 11.5 Å². The molecule has 1 heterocycles. The number of pyridine rings is 1. The van der Waals surface area contributed by atoms with Crippen molar-refractivity contribution in [3.63, 3.8) is 0 Å². The van der Waals surface area contributed by atoms with Gasteiger partial charge in [-0.15, -0.1) is 0 Å². The molecule has 0 radical (unpaired) electrons. The Hall–Kier alpha value is -1.70. The average molecular weight is 325 g/mol. The molecule has 2 heteroatoms. The second kappa shape index (κ2) is 7.92. The molecule has 0 unspecified atom stereocenters. The van der Waals surface area contributed by atoms with Gasteiger partial charge in [-0.05, 0) is 66.8 Å². The van der Waals surface area contributed by atoms with Crippen LogP contribution in [0.5, 0.6) is 0 Å². The van der Waals surface area contributed by atoms with E-state index in [2.05, 4.69) is 24.9 Å². The van der Waals surface area contributed by atoms with E-state index in [1.807, 2.05) is 24.4 Å². The van der Waals surface area contributed by atoms with Crippen molar-refractivity contribution < 1.29 is 4.39 Å². The van der Waals surface area contributed by atoms with Crippen molar-refractivity contribution in [2.45, 2.75) is 64.7 Å². The molecule has 1 aromatic heterocycles. The van der Waals surface area contributed by atoms with E-state index in [4.69, 9.17) is 0 Å². The normalized spacial score (nSPS) is 21.0. The molecule has 0 amide bonds. The summed E-state index contributed by atoms with van der Waals surface area (Å²) in [7, 11) is 0. The maximum atomic E-state index is 14.4. The van der Waals surface area contributed by atoms with Gasteiger partial charge < -0.3 is 0 Å². The summed E-state index contributed by atoms with van der Waals surface area (Å²) in [6.07, 6.45) is 10.3. The highest BCUT2D eigenvalue weighted by molar-refractivity contribution is 5.60. The molecule has 0 saturated heterocycles. The number of nitrogens with zero attached hydrogens (tertiary/aromatic N) is 1. The van der Waals surface area contributed by atoms with Gasteiger partial charge in [0.15, 0.2) is 0 Å². The number of rotatable bonds is 5. The zero-order valence-corrected chi connectivity index (χ0v) is 14.9. The highest BCUT2D eigenvalue weighted by Gasteiger charge is 2.20. The van der Waals surface area contributed by atoms with Gasteiger partial charge >= 0.3 is 0 Å². The van der Waals surface area contributed by atoms with Gasteiger partial charge in [-0.3, -0.25) is 4.98 Å². The zero-order valence-electron chi connectivity index (χ0n) is 14.9. The Morgan fingerprint density at radius 3 is 2.50 bits per heavy atom. The average Bonchev–Trinajstić information content (AvgIpc) is 2.61. The fourth-order valence-corrected chi connectivity index (χ4v) is 3.70. The van der Waals surface area contributed by atoms with Crippen LogP contribution >= 0.6 is 0 Å². The lowest BCUT2D eigenvalue weighted by atomic mass is 9.80. The summed E-state index contributed by atoms with van der Waals surface area (Å²) in [6, 6.07) is 9.71. The Morgan fingerprint density at radius 1 is 1.08 bits per heavy atom. The number of unbranched alkanes of at least 4 members (excludes halogenated alkanes) is 1. The lowest BCUT2D eigenvalue weighted by molar-refractivity contribution is 0.347. The van der Waals surface area contributed by atoms with E-state index >= 15 is 0 Å². The molecule has 1 aromatic carbocycles. The molecule has 0 atom stereocenters. The molecular formula is C22H28FN. The van der Waals surface area contributed by atoms with Gasteiger partial charge in [-0.25, -0.2) is 4.39 Å². The van der Waals surface area contributed by atoms with Crippen molar-refractivity contribution in [1.29, 1.82) is 0 Å². The smallest absolute Gasteiger partial charge is 0.132 e. The van der Waals surface area contributed by atoms with Crippen molar-refractivity contribution in [2.75, 3.05) is 0 Å². The second-order valence-corrected chi connectivity index (χ2v) is 7.35. The summed E-state index contributed by atoms with van der Waals surface area (Å²) >= 11 is 0. The maximum absolute atomic E-state index is 14.4. The largest absolute Gasteiger partial charge is 0.256 e. The zero-order chi connectivity index (χ0) is 16.9. The highest BCUT2D eigenvalue weighted by Crippen LogP contribution is 2.35. The third-order valence-corrected chi connectivity index (χ3v) is 5.40. The minimum Gasteiger partial charge on any atom is -0.256 e. The summed E-state index contributed by atoms with van der Waals surface area (Å²) in [5.41, 5.74) is 3.73. The Morgan fingerprint density at radius 2 is 1.88 bits per heavy atom. The fourth-order valence-electron chi connectivity index (χ4n) is 3.70. The Kier molecular flexibility index (Phi) is 5.65. The predicted molar refractivity (Wildman–Crippen MR) is 98.6 cm³/mol. The van der Waals surface area contributed by atoms with Gasteiger partial charge in [0.1, 0.15) is 5.82 Å². The van der Waals surface area contributed by atoms with Gasteiger partial charge in [-0.1, -0.05) is 45.2 Å². The molecule has 0 bridgehead atoms. The monoisotopic (exact) mass is 325 g/mol.